The number of aromatic amines is 2. The number of hydrogen-bond donors (Lipinski definition) is 3. The van der Waals surface area contributed by atoms with Crippen molar-refractivity contribution in [2.75, 3.05) is 32.6 Å². The molecular weight excluding hydrogens is 343 g/mol. The van der Waals surface area contributed by atoms with Crippen molar-refractivity contribution >= 4 is 22.3 Å². The average molecular weight is 366 g/mol. The van der Waals surface area contributed by atoms with E-state index in [0.29, 0.717) is 12.3 Å². The zero-order valence-corrected chi connectivity index (χ0v) is 15.5. The molecular formula is C21H23FN4O. The summed E-state index contributed by atoms with van der Waals surface area (Å²) in [5, 5.41) is 11.8. The molecule has 1 aliphatic heterocycles. The van der Waals surface area contributed by atoms with Gasteiger partial charge in [0.1, 0.15) is 17.4 Å². The Kier molecular flexibility index (Phi) is 4.73. The summed E-state index contributed by atoms with van der Waals surface area (Å²) in [6, 6.07) is 14.6. The van der Waals surface area contributed by atoms with Gasteiger partial charge in [-0.3, -0.25) is 10.2 Å². The molecule has 0 radical (unpaired) electrons. The number of aromatic nitrogens is 2. The highest BCUT2D eigenvalue weighted by molar-refractivity contribution is 6.06. The van der Waals surface area contributed by atoms with Crippen molar-refractivity contribution in [2.45, 2.75) is 6.42 Å². The lowest BCUT2D eigenvalue weighted by Crippen LogP contribution is -2.15. The summed E-state index contributed by atoms with van der Waals surface area (Å²) >= 11 is 0. The molecule has 0 saturated heterocycles. The second-order valence-electron chi connectivity index (χ2n) is 6.92. The molecule has 0 aromatic heterocycles. The molecule has 2 aromatic carbocycles. The molecule has 1 heterocycles. The molecule has 140 valence electrons. The molecule has 0 saturated carbocycles. The van der Waals surface area contributed by atoms with Crippen molar-refractivity contribution in [2.24, 2.45) is 0 Å². The van der Waals surface area contributed by atoms with Crippen molar-refractivity contribution < 1.29 is 9.13 Å². The number of halogens is 1. The van der Waals surface area contributed by atoms with E-state index in [4.69, 9.17) is 4.74 Å². The molecule has 0 atom stereocenters. The third kappa shape index (κ3) is 3.61. The van der Waals surface area contributed by atoms with Crippen LogP contribution >= 0.6 is 0 Å². The summed E-state index contributed by atoms with van der Waals surface area (Å²) < 4.78 is 19.5. The van der Waals surface area contributed by atoms with Crippen LogP contribution in [0, 0.1) is 5.82 Å². The van der Waals surface area contributed by atoms with Crippen molar-refractivity contribution in [1.29, 1.82) is 0 Å². The number of rotatable bonds is 7. The van der Waals surface area contributed by atoms with Crippen molar-refractivity contribution in [3.63, 3.8) is 0 Å². The van der Waals surface area contributed by atoms with E-state index in [1.165, 1.54) is 12.1 Å². The van der Waals surface area contributed by atoms with Crippen molar-refractivity contribution in [3.8, 4) is 17.0 Å². The topological polar surface area (TPSA) is 56.1 Å². The van der Waals surface area contributed by atoms with E-state index >= 15 is 0 Å². The third-order valence-corrected chi connectivity index (χ3v) is 4.58. The van der Waals surface area contributed by atoms with Gasteiger partial charge in [-0.05, 0) is 50.8 Å². The molecule has 5 nitrogen and oxygen atoms in total. The number of H-pyrrole nitrogens is 2. The Morgan fingerprint density at radius 2 is 1.89 bits per heavy atom. The Hall–Kier alpha value is -2.99. The minimum Gasteiger partial charge on any atom is -0.493 e. The van der Waals surface area contributed by atoms with E-state index in [9.17, 15) is 4.39 Å². The van der Waals surface area contributed by atoms with E-state index in [-0.39, 0.29) is 5.82 Å². The molecule has 0 spiro atoms. The van der Waals surface area contributed by atoms with Gasteiger partial charge in [-0.2, -0.15) is 0 Å². The maximum atomic E-state index is 13.4. The SMILES string of the molecule is CN(C)CCCOc1cccc2c3[nH][nH]c(Nc4cccc(F)c4)c-3cc12. The lowest BCUT2D eigenvalue weighted by atomic mass is 10.2. The van der Waals surface area contributed by atoms with Crippen LogP contribution in [0.15, 0.2) is 48.5 Å². The highest BCUT2D eigenvalue weighted by atomic mass is 19.1. The van der Waals surface area contributed by atoms with Gasteiger partial charge < -0.3 is 15.0 Å². The largest absolute Gasteiger partial charge is 0.493 e. The fourth-order valence-corrected chi connectivity index (χ4v) is 3.29. The fourth-order valence-electron chi connectivity index (χ4n) is 3.29. The summed E-state index contributed by atoms with van der Waals surface area (Å²) in [5.41, 5.74) is 2.71. The lowest BCUT2D eigenvalue weighted by Gasteiger charge is -2.11. The van der Waals surface area contributed by atoms with Gasteiger partial charge in [0, 0.05) is 28.6 Å². The highest BCUT2D eigenvalue weighted by Crippen LogP contribution is 2.41. The number of nitrogens with one attached hydrogen (secondary N) is 3. The molecule has 27 heavy (non-hydrogen) atoms. The van der Waals surface area contributed by atoms with Crippen LogP contribution in [0.25, 0.3) is 22.0 Å². The molecule has 1 aliphatic carbocycles. The number of hydrogen-bond acceptors (Lipinski definition) is 3. The van der Waals surface area contributed by atoms with Crippen LogP contribution < -0.4 is 10.1 Å². The zero-order valence-electron chi connectivity index (χ0n) is 15.5. The first-order valence-electron chi connectivity index (χ1n) is 9.04. The lowest BCUT2D eigenvalue weighted by molar-refractivity contribution is 0.284. The summed E-state index contributed by atoms with van der Waals surface area (Å²) in [4.78, 5) is 2.15. The Bertz CT molecular complexity index is 1020. The predicted molar refractivity (Wildman–Crippen MR) is 108 cm³/mol. The van der Waals surface area contributed by atoms with Crippen LogP contribution in [-0.2, 0) is 0 Å². The molecule has 2 aromatic rings. The van der Waals surface area contributed by atoms with Crippen molar-refractivity contribution in [3.05, 3.63) is 54.3 Å². The normalized spacial score (nSPS) is 11.6. The minimum atomic E-state index is -0.271. The average Bonchev–Trinajstić information content (AvgIpc) is 3.19. The number of anilines is 2. The van der Waals surface area contributed by atoms with Gasteiger partial charge in [-0.15, -0.1) is 0 Å². The van der Waals surface area contributed by atoms with Gasteiger partial charge in [-0.25, -0.2) is 4.39 Å². The Morgan fingerprint density at radius 1 is 1.04 bits per heavy atom. The van der Waals surface area contributed by atoms with E-state index < -0.39 is 0 Å². The monoisotopic (exact) mass is 366 g/mol. The van der Waals surface area contributed by atoms with Crippen LogP contribution in [0.4, 0.5) is 15.9 Å². The fraction of sp³-hybridized carbons (Fsp3) is 0.238. The summed E-state index contributed by atoms with van der Waals surface area (Å²) in [7, 11) is 4.12. The van der Waals surface area contributed by atoms with Gasteiger partial charge in [0.25, 0.3) is 0 Å². The van der Waals surface area contributed by atoms with Gasteiger partial charge >= 0.3 is 0 Å². The molecule has 2 aliphatic rings. The molecule has 3 N–H and O–H groups in total. The maximum absolute atomic E-state index is 13.4. The van der Waals surface area contributed by atoms with Crippen LogP contribution in [-0.4, -0.2) is 42.3 Å². The zero-order chi connectivity index (χ0) is 18.8. The Morgan fingerprint density at radius 3 is 2.70 bits per heavy atom. The van der Waals surface area contributed by atoms with Crippen LogP contribution in [0.5, 0.6) is 5.75 Å². The first-order valence-corrected chi connectivity index (χ1v) is 9.04. The summed E-state index contributed by atoms with van der Waals surface area (Å²) in [6.07, 6.45) is 0.974. The Balaban J connectivity index is 1.61. The first kappa shape index (κ1) is 17.4. The summed E-state index contributed by atoms with van der Waals surface area (Å²) in [6.45, 7) is 1.67. The van der Waals surface area contributed by atoms with E-state index in [1.807, 2.05) is 18.2 Å². The molecule has 0 amide bonds. The van der Waals surface area contributed by atoms with Gasteiger partial charge in [0.15, 0.2) is 0 Å². The van der Waals surface area contributed by atoms with Crippen LogP contribution in [0.2, 0.25) is 0 Å². The van der Waals surface area contributed by atoms with E-state index in [1.54, 1.807) is 6.07 Å². The van der Waals surface area contributed by atoms with Gasteiger partial charge in [0.2, 0.25) is 0 Å². The number of ether oxygens (including phenoxy) is 1. The van der Waals surface area contributed by atoms with Crippen LogP contribution in [0.3, 0.4) is 0 Å². The molecule has 6 heteroatoms. The number of nitrogens with zero attached hydrogens (tertiary/aromatic N) is 1. The minimum absolute atomic E-state index is 0.271. The van der Waals surface area contributed by atoms with Crippen LogP contribution in [0.1, 0.15) is 6.42 Å². The quantitative estimate of drug-likeness (QED) is 0.411. The smallest absolute Gasteiger partial charge is 0.132 e. The molecule has 0 bridgehead atoms. The molecule has 0 unspecified atom stereocenters. The van der Waals surface area contributed by atoms with E-state index in [0.717, 1.165) is 46.6 Å². The maximum Gasteiger partial charge on any atom is 0.132 e. The van der Waals surface area contributed by atoms with Gasteiger partial charge in [0.05, 0.1) is 12.3 Å². The van der Waals surface area contributed by atoms with Gasteiger partial charge in [-0.1, -0.05) is 18.2 Å². The van der Waals surface area contributed by atoms with Crippen molar-refractivity contribution in [1.82, 2.24) is 15.1 Å². The summed E-state index contributed by atoms with van der Waals surface area (Å²) in [5.74, 6) is 1.41. The standard InChI is InChI=1S/C21H23FN4O/c1-26(2)10-5-11-27-19-9-4-8-16-17(19)13-18-20(16)24-25-21(18)23-15-7-3-6-14(22)12-15/h3-4,6-9,12-13,23-25H,5,10-11H2,1-2H3. The number of fused-ring (bicyclic) bond motifs is 3. The second-order valence-corrected chi connectivity index (χ2v) is 6.92. The second kappa shape index (κ2) is 7.32. The van der Waals surface area contributed by atoms with E-state index in [2.05, 4.69) is 46.6 Å². The number of benzene rings is 2. The highest BCUT2D eigenvalue weighted by Gasteiger charge is 2.19. The Labute approximate surface area is 157 Å². The molecule has 0 fully saturated rings. The molecule has 4 rings (SSSR count). The predicted octanol–water partition coefficient (Wildman–Crippen LogP) is 4.81. The first-order chi connectivity index (χ1) is 13.1. The third-order valence-electron chi connectivity index (χ3n) is 4.58.